The van der Waals surface area contributed by atoms with E-state index in [1.54, 1.807) is 0 Å². The van der Waals surface area contributed by atoms with Crippen LogP contribution >= 0.6 is 0 Å². The minimum absolute atomic E-state index is 0.170. The predicted molar refractivity (Wildman–Crippen MR) is 81.0 cm³/mol. The van der Waals surface area contributed by atoms with Crippen molar-refractivity contribution in [2.45, 2.75) is 58.3 Å². The third kappa shape index (κ3) is 5.66. The second kappa shape index (κ2) is 9.27. The van der Waals surface area contributed by atoms with Crippen LogP contribution in [0.4, 0.5) is 0 Å². The molecular formula is C17H24O4. The van der Waals surface area contributed by atoms with Gasteiger partial charge in [-0.05, 0) is 12.5 Å². The molecule has 1 rings (SSSR count). The number of ketones is 2. The van der Waals surface area contributed by atoms with Crippen molar-refractivity contribution in [3.8, 4) is 0 Å². The number of unbranched alkanes of at least 4 members (excludes halogenated alkanes) is 6. The van der Waals surface area contributed by atoms with E-state index in [1.807, 2.05) is 0 Å². The van der Waals surface area contributed by atoms with Gasteiger partial charge in [0.05, 0.1) is 5.92 Å². The first kappa shape index (κ1) is 17.3. The second-order valence-corrected chi connectivity index (χ2v) is 5.45. The van der Waals surface area contributed by atoms with Gasteiger partial charge in [0.25, 0.3) is 0 Å². The van der Waals surface area contributed by atoms with E-state index >= 15 is 0 Å². The lowest BCUT2D eigenvalue weighted by atomic mass is 9.87. The largest absolute Gasteiger partial charge is 0.478 e. The maximum atomic E-state index is 12.0. The van der Waals surface area contributed by atoms with Crippen molar-refractivity contribution >= 4 is 17.5 Å². The van der Waals surface area contributed by atoms with Crippen molar-refractivity contribution in [3.63, 3.8) is 0 Å². The molecule has 116 valence electrons. The van der Waals surface area contributed by atoms with Crippen LogP contribution in [-0.2, 0) is 14.4 Å². The van der Waals surface area contributed by atoms with Gasteiger partial charge in [0.1, 0.15) is 11.4 Å². The minimum Gasteiger partial charge on any atom is -0.478 e. The molecule has 21 heavy (non-hydrogen) atoms. The van der Waals surface area contributed by atoms with E-state index in [0.717, 1.165) is 19.3 Å². The maximum Gasteiger partial charge on any atom is 0.339 e. The van der Waals surface area contributed by atoms with Crippen LogP contribution in [0.3, 0.4) is 0 Å². The van der Waals surface area contributed by atoms with E-state index in [2.05, 4.69) is 6.92 Å². The summed E-state index contributed by atoms with van der Waals surface area (Å²) in [4.78, 5) is 34.8. The third-order valence-electron chi connectivity index (χ3n) is 3.72. The van der Waals surface area contributed by atoms with Gasteiger partial charge in [-0.3, -0.25) is 9.59 Å². The Balaban J connectivity index is 2.30. The number of allylic oxidation sites excluding steroid dienone is 3. The number of hydrogen-bond donors (Lipinski definition) is 1. The molecule has 1 atom stereocenters. The van der Waals surface area contributed by atoms with Crippen LogP contribution in [0.15, 0.2) is 23.8 Å². The monoisotopic (exact) mass is 292 g/mol. The molecule has 0 spiro atoms. The number of rotatable bonds is 10. The number of hydrogen-bond acceptors (Lipinski definition) is 3. The average molecular weight is 292 g/mol. The number of carbonyl (C=O) groups is 3. The first-order chi connectivity index (χ1) is 10.1. The molecule has 0 heterocycles. The fourth-order valence-corrected chi connectivity index (χ4v) is 2.44. The number of carboxylic acid groups (broad SMARTS) is 1. The normalized spacial score (nSPS) is 17.7. The van der Waals surface area contributed by atoms with Gasteiger partial charge in [-0.15, -0.1) is 0 Å². The topological polar surface area (TPSA) is 71.4 Å². The molecule has 0 aromatic rings. The second-order valence-electron chi connectivity index (χ2n) is 5.45. The zero-order valence-electron chi connectivity index (χ0n) is 12.6. The summed E-state index contributed by atoms with van der Waals surface area (Å²) in [7, 11) is 0. The van der Waals surface area contributed by atoms with Gasteiger partial charge in [0.15, 0.2) is 5.78 Å². The molecule has 0 bridgehead atoms. The molecule has 0 saturated carbocycles. The van der Waals surface area contributed by atoms with Crippen molar-refractivity contribution in [2.24, 2.45) is 5.92 Å². The summed E-state index contributed by atoms with van der Waals surface area (Å²) in [6.07, 6.45) is 12.4. The van der Waals surface area contributed by atoms with Crippen molar-refractivity contribution < 1.29 is 19.5 Å². The summed E-state index contributed by atoms with van der Waals surface area (Å²) in [5.74, 6) is -2.92. The van der Waals surface area contributed by atoms with E-state index < -0.39 is 17.7 Å². The Labute approximate surface area is 125 Å². The molecule has 0 amide bonds. The first-order valence-electron chi connectivity index (χ1n) is 7.76. The minimum atomic E-state index is -1.27. The van der Waals surface area contributed by atoms with E-state index in [1.165, 1.54) is 43.9 Å². The van der Waals surface area contributed by atoms with Crippen molar-refractivity contribution in [3.05, 3.63) is 23.8 Å². The number of carboxylic acids is 1. The van der Waals surface area contributed by atoms with Gasteiger partial charge < -0.3 is 5.11 Å². The van der Waals surface area contributed by atoms with Gasteiger partial charge in [0, 0.05) is 6.42 Å². The molecule has 1 aliphatic rings. The predicted octanol–water partition coefficient (Wildman–Crippen LogP) is 3.46. The smallest absolute Gasteiger partial charge is 0.339 e. The Morgan fingerprint density at radius 3 is 2.33 bits per heavy atom. The van der Waals surface area contributed by atoms with E-state index in [9.17, 15) is 14.4 Å². The standard InChI is InChI=1S/C17H24O4/c1-2-3-4-5-6-7-8-12-15(18)13-10-9-11-14(16(13)19)17(20)21/h9-11,13H,2-8,12H2,1H3,(H,20,21). The average Bonchev–Trinajstić information content (AvgIpc) is 2.46. The molecule has 0 radical (unpaired) electrons. The van der Waals surface area contributed by atoms with Crippen molar-refractivity contribution in [2.75, 3.05) is 0 Å². The zero-order valence-corrected chi connectivity index (χ0v) is 12.6. The molecule has 1 unspecified atom stereocenters. The van der Waals surface area contributed by atoms with Gasteiger partial charge >= 0.3 is 5.97 Å². The quantitative estimate of drug-likeness (QED) is 0.380. The first-order valence-corrected chi connectivity index (χ1v) is 7.76. The van der Waals surface area contributed by atoms with E-state index in [4.69, 9.17) is 5.11 Å². The van der Waals surface area contributed by atoms with Crippen LogP contribution in [0.5, 0.6) is 0 Å². The fraction of sp³-hybridized carbons (Fsp3) is 0.588. The third-order valence-corrected chi connectivity index (χ3v) is 3.72. The number of carbonyl (C=O) groups excluding carboxylic acids is 2. The van der Waals surface area contributed by atoms with Crippen LogP contribution < -0.4 is 0 Å². The molecule has 1 N–H and O–H groups in total. The molecule has 0 fully saturated rings. The molecule has 1 aliphatic carbocycles. The van der Waals surface area contributed by atoms with Crippen LogP contribution in [0.2, 0.25) is 0 Å². The van der Waals surface area contributed by atoms with Crippen molar-refractivity contribution in [1.82, 2.24) is 0 Å². The molecule has 0 saturated heterocycles. The molecule has 0 aromatic heterocycles. The Hall–Kier alpha value is -1.71. The lowest BCUT2D eigenvalue weighted by Crippen LogP contribution is -2.28. The van der Waals surface area contributed by atoms with Crippen LogP contribution in [0.1, 0.15) is 58.3 Å². The van der Waals surface area contributed by atoms with Crippen LogP contribution in [0.25, 0.3) is 0 Å². The molecule has 0 aliphatic heterocycles. The summed E-state index contributed by atoms with van der Waals surface area (Å²) in [6.45, 7) is 2.17. The summed E-state index contributed by atoms with van der Waals surface area (Å²) < 4.78 is 0. The SMILES string of the molecule is CCCCCCCCCC(=O)C1C=CC=C(C(=O)O)C1=O. The van der Waals surface area contributed by atoms with Gasteiger partial charge in [-0.1, -0.05) is 57.6 Å². The summed E-state index contributed by atoms with van der Waals surface area (Å²) in [6, 6.07) is 0. The Bertz CT molecular complexity index is 446. The summed E-state index contributed by atoms with van der Waals surface area (Å²) in [5.41, 5.74) is -0.296. The zero-order chi connectivity index (χ0) is 15.7. The van der Waals surface area contributed by atoms with Crippen molar-refractivity contribution in [1.29, 1.82) is 0 Å². The van der Waals surface area contributed by atoms with E-state index in [0.29, 0.717) is 6.42 Å². The van der Waals surface area contributed by atoms with Gasteiger partial charge in [-0.2, -0.15) is 0 Å². The van der Waals surface area contributed by atoms with Crippen LogP contribution in [-0.4, -0.2) is 22.6 Å². The van der Waals surface area contributed by atoms with Gasteiger partial charge in [0.2, 0.25) is 0 Å². The molecule has 0 aromatic carbocycles. The maximum absolute atomic E-state index is 12.0. The number of Topliss-reactive ketones (excluding diaryl/α,β-unsaturated/α-hetero) is 2. The summed E-state index contributed by atoms with van der Waals surface area (Å²) >= 11 is 0. The lowest BCUT2D eigenvalue weighted by Gasteiger charge is -2.13. The summed E-state index contributed by atoms with van der Waals surface area (Å²) in [5, 5.41) is 8.89. The highest BCUT2D eigenvalue weighted by Crippen LogP contribution is 2.19. The highest BCUT2D eigenvalue weighted by Gasteiger charge is 2.30. The Morgan fingerprint density at radius 1 is 1.10 bits per heavy atom. The fourth-order valence-electron chi connectivity index (χ4n) is 2.44. The highest BCUT2D eigenvalue weighted by molar-refractivity contribution is 6.24. The lowest BCUT2D eigenvalue weighted by molar-refractivity contribution is -0.136. The molecule has 4 heteroatoms. The van der Waals surface area contributed by atoms with Crippen LogP contribution in [0, 0.1) is 5.92 Å². The van der Waals surface area contributed by atoms with E-state index in [-0.39, 0.29) is 11.4 Å². The Morgan fingerprint density at radius 2 is 1.71 bits per heavy atom. The molecular weight excluding hydrogens is 268 g/mol. The Kier molecular flexibility index (Phi) is 7.65. The molecule has 4 nitrogen and oxygen atoms in total. The number of aliphatic carboxylic acids is 1. The van der Waals surface area contributed by atoms with Gasteiger partial charge in [-0.25, -0.2) is 4.79 Å². The highest BCUT2D eigenvalue weighted by atomic mass is 16.4.